The number of aromatic nitrogens is 3. The zero-order valence-corrected chi connectivity index (χ0v) is 16.1. The number of H-pyrrole nitrogens is 1. The van der Waals surface area contributed by atoms with Crippen LogP contribution in [0.3, 0.4) is 0 Å². The van der Waals surface area contributed by atoms with Gasteiger partial charge in [0.2, 0.25) is 0 Å². The van der Waals surface area contributed by atoms with Gasteiger partial charge in [-0.05, 0) is 45.0 Å². The second-order valence-corrected chi connectivity index (χ2v) is 6.91. The molecule has 4 N–H and O–H groups in total. The fraction of sp³-hybridized carbons (Fsp3) is 0.167. The summed E-state index contributed by atoms with van der Waals surface area (Å²) >= 11 is 3.47. The topological polar surface area (TPSA) is 106 Å². The number of carbonyl (C=O) groups is 2. The van der Waals surface area contributed by atoms with Gasteiger partial charge in [0.05, 0.1) is 16.9 Å². The molecule has 3 aromatic rings. The Morgan fingerprint density at radius 1 is 1.23 bits per heavy atom. The minimum atomic E-state index is -0.704. The molecular formula is C18H18BrN5O2. The van der Waals surface area contributed by atoms with Crippen LogP contribution in [-0.4, -0.2) is 26.6 Å². The average molecular weight is 416 g/mol. The molecule has 0 atom stereocenters. The number of rotatable bonds is 4. The summed E-state index contributed by atoms with van der Waals surface area (Å²) in [6.07, 6.45) is 0. The van der Waals surface area contributed by atoms with Crippen molar-refractivity contribution < 1.29 is 9.59 Å². The van der Waals surface area contributed by atoms with E-state index in [0.717, 1.165) is 21.5 Å². The largest absolute Gasteiger partial charge is 0.364 e. The molecule has 7 nitrogen and oxygen atoms in total. The van der Waals surface area contributed by atoms with Crippen molar-refractivity contribution >= 4 is 33.4 Å². The van der Waals surface area contributed by atoms with Crippen LogP contribution in [0, 0.1) is 20.8 Å². The molecular weight excluding hydrogens is 398 g/mol. The number of nitrogens with one attached hydrogen (secondary N) is 2. The van der Waals surface area contributed by atoms with Gasteiger partial charge in [-0.15, -0.1) is 0 Å². The predicted molar refractivity (Wildman–Crippen MR) is 103 cm³/mol. The Balaban J connectivity index is 1.99. The fourth-order valence-electron chi connectivity index (χ4n) is 2.95. The van der Waals surface area contributed by atoms with Gasteiger partial charge < -0.3 is 15.6 Å². The summed E-state index contributed by atoms with van der Waals surface area (Å²) in [6, 6.07) is 9.64. The first-order valence-corrected chi connectivity index (χ1v) is 8.70. The van der Waals surface area contributed by atoms with E-state index in [-0.39, 0.29) is 11.6 Å². The van der Waals surface area contributed by atoms with Gasteiger partial charge in [0, 0.05) is 21.5 Å². The molecule has 2 heterocycles. The summed E-state index contributed by atoms with van der Waals surface area (Å²) in [6.45, 7) is 5.52. The van der Waals surface area contributed by atoms with E-state index < -0.39 is 5.91 Å². The van der Waals surface area contributed by atoms with Gasteiger partial charge >= 0.3 is 0 Å². The van der Waals surface area contributed by atoms with E-state index in [1.54, 1.807) is 6.92 Å². The normalized spacial score (nSPS) is 10.8. The zero-order valence-electron chi connectivity index (χ0n) is 14.6. The lowest BCUT2D eigenvalue weighted by atomic mass is 10.2. The number of hydrogen-bond acceptors (Lipinski definition) is 3. The van der Waals surface area contributed by atoms with Crippen molar-refractivity contribution in [2.75, 3.05) is 5.32 Å². The van der Waals surface area contributed by atoms with E-state index in [1.807, 2.05) is 48.7 Å². The summed E-state index contributed by atoms with van der Waals surface area (Å²) in [5, 5.41) is 9.25. The number of amides is 2. The zero-order chi connectivity index (χ0) is 19.0. The standard InChI is InChI=1S/C18H18BrN5O2/c1-9-7-14(11(3)24(9)13-6-4-5-12(19)8-13)18(26)21-15-10(2)22-23-16(15)17(20)25/h4-8H,1-3H3,(H2,20,25)(H,21,26)(H,22,23). The van der Waals surface area contributed by atoms with E-state index in [9.17, 15) is 9.59 Å². The Morgan fingerprint density at radius 2 is 1.96 bits per heavy atom. The van der Waals surface area contributed by atoms with E-state index in [4.69, 9.17) is 5.73 Å². The van der Waals surface area contributed by atoms with Gasteiger partial charge in [0.15, 0.2) is 5.69 Å². The maximum atomic E-state index is 12.8. The number of benzene rings is 1. The average Bonchev–Trinajstić information content (AvgIpc) is 3.07. The third-order valence-corrected chi connectivity index (χ3v) is 4.65. The van der Waals surface area contributed by atoms with Gasteiger partial charge in [0.1, 0.15) is 0 Å². The molecule has 3 rings (SSSR count). The van der Waals surface area contributed by atoms with Crippen molar-refractivity contribution in [1.29, 1.82) is 0 Å². The molecule has 0 unspecified atom stereocenters. The van der Waals surface area contributed by atoms with E-state index in [2.05, 4.69) is 31.4 Å². The molecule has 0 saturated heterocycles. The molecule has 0 aliphatic carbocycles. The van der Waals surface area contributed by atoms with Crippen molar-refractivity contribution in [2.24, 2.45) is 5.73 Å². The van der Waals surface area contributed by atoms with Crippen molar-refractivity contribution in [1.82, 2.24) is 14.8 Å². The van der Waals surface area contributed by atoms with Crippen LogP contribution in [0.15, 0.2) is 34.8 Å². The van der Waals surface area contributed by atoms with Crippen LogP contribution in [0.2, 0.25) is 0 Å². The summed E-state index contributed by atoms with van der Waals surface area (Å²) in [5.74, 6) is -1.03. The van der Waals surface area contributed by atoms with Crippen LogP contribution in [-0.2, 0) is 0 Å². The first kappa shape index (κ1) is 17.9. The number of aromatic amines is 1. The highest BCUT2D eigenvalue weighted by molar-refractivity contribution is 9.10. The van der Waals surface area contributed by atoms with Crippen molar-refractivity contribution in [3.8, 4) is 5.69 Å². The van der Waals surface area contributed by atoms with Crippen LogP contribution in [0.25, 0.3) is 5.69 Å². The highest BCUT2D eigenvalue weighted by Crippen LogP contribution is 2.25. The summed E-state index contributed by atoms with van der Waals surface area (Å²) < 4.78 is 2.95. The molecule has 2 amide bonds. The molecule has 0 bridgehead atoms. The van der Waals surface area contributed by atoms with Gasteiger partial charge in [-0.25, -0.2) is 0 Å². The second-order valence-electron chi connectivity index (χ2n) is 5.99. The Kier molecular flexibility index (Phi) is 4.69. The van der Waals surface area contributed by atoms with Crippen molar-refractivity contribution in [2.45, 2.75) is 20.8 Å². The van der Waals surface area contributed by atoms with Crippen molar-refractivity contribution in [3.05, 3.63) is 63.1 Å². The smallest absolute Gasteiger partial charge is 0.271 e. The van der Waals surface area contributed by atoms with Gasteiger partial charge in [-0.3, -0.25) is 14.7 Å². The van der Waals surface area contributed by atoms with E-state index in [1.165, 1.54) is 0 Å². The van der Waals surface area contributed by atoms with Crippen LogP contribution < -0.4 is 11.1 Å². The lowest BCUT2D eigenvalue weighted by Gasteiger charge is -2.10. The molecule has 0 aliphatic rings. The Bertz CT molecular complexity index is 1020. The lowest BCUT2D eigenvalue weighted by Crippen LogP contribution is -2.18. The van der Waals surface area contributed by atoms with E-state index in [0.29, 0.717) is 16.9 Å². The number of primary amides is 1. The predicted octanol–water partition coefficient (Wildman–Crippen LogP) is 3.24. The highest BCUT2D eigenvalue weighted by Gasteiger charge is 2.21. The summed E-state index contributed by atoms with van der Waals surface area (Å²) in [4.78, 5) is 24.3. The van der Waals surface area contributed by atoms with Crippen LogP contribution >= 0.6 is 15.9 Å². The summed E-state index contributed by atoms with van der Waals surface area (Å²) in [5.41, 5.74) is 9.36. The molecule has 8 heteroatoms. The maximum absolute atomic E-state index is 12.8. The van der Waals surface area contributed by atoms with Crippen molar-refractivity contribution in [3.63, 3.8) is 0 Å². The number of nitrogens with two attached hydrogens (primary N) is 1. The molecule has 0 aliphatic heterocycles. The SMILES string of the molecule is Cc1[nH]nc(C(N)=O)c1NC(=O)c1cc(C)n(-c2cccc(Br)c2)c1C. The molecule has 0 radical (unpaired) electrons. The third-order valence-electron chi connectivity index (χ3n) is 4.16. The number of nitrogens with zero attached hydrogens (tertiary/aromatic N) is 2. The first-order valence-electron chi connectivity index (χ1n) is 7.90. The Hall–Kier alpha value is -2.87. The first-order chi connectivity index (χ1) is 12.3. The number of aryl methyl sites for hydroxylation is 2. The minimum Gasteiger partial charge on any atom is -0.364 e. The van der Waals surface area contributed by atoms with Gasteiger partial charge in [-0.1, -0.05) is 22.0 Å². The minimum absolute atomic E-state index is 0.0108. The molecule has 0 fully saturated rings. The van der Waals surface area contributed by atoms with Gasteiger partial charge in [0.25, 0.3) is 11.8 Å². The molecule has 1 aromatic carbocycles. The van der Waals surface area contributed by atoms with Crippen LogP contribution in [0.4, 0.5) is 5.69 Å². The maximum Gasteiger partial charge on any atom is 0.271 e. The Morgan fingerprint density at radius 3 is 2.62 bits per heavy atom. The number of halogens is 1. The quantitative estimate of drug-likeness (QED) is 0.608. The number of carbonyl (C=O) groups excluding carboxylic acids is 2. The third kappa shape index (κ3) is 3.15. The lowest BCUT2D eigenvalue weighted by molar-refractivity contribution is 0.0996. The molecule has 0 spiro atoms. The Labute approximate surface area is 158 Å². The van der Waals surface area contributed by atoms with Crippen LogP contribution in [0.1, 0.15) is 37.9 Å². The monoisotopic (exact) mass is 415 g/mol. The van der Waals surface area contributed by atoms with Crippen LogP contribution in [0.5, 0.6) is 0 Å². The second kappa shape index (κ2) is 6.80. The molecule has 26 heavy (non-hydrogen) atoms. The number of anilines is 1. The fourth-order valence-corrected chi connectivity index (χ4v) is 3.33. The molecule has 134 valence electrons. The highest BCUT2D eigenvalue weighted by atomic mass is 79.9. The molecule has 0 saturated carbocycles. The number of hydrogen-bond donors (Lipinski definition) is 3. The van der Waals surface area contributed by atoms with Gasteiger partial charge in [-0.2, -0.15) is 5.10 Å². The summed E-state index contributed by atoms with van der Waals surface area (Å²) in [7, 11) is 0. The van der Waals surface area contributed by atoms with E-state index >= 15 is 0 Å². The molecule has 2 aromatic heterocycles.